The van der Waals surface area contributed by atoms with Gasteiger partial charge in [-0.15, -0.1) is 0 Å². The van der Waals surface area contributed by atoms with E-state index in [1.54, 1.807) is 7.11 Å². The van der Waals surface area contributed by atoms with Crippen LogP contribution in [0.15, 0.2) is 18.2 Å². The van der Waals surface area contributed by atoms with Gasteiger partial charge in [0.05, 0.1) is 12.2 Å². The first-order valence-electron chi connectivity index (χ1n) is 7.41. The van der Waals surface area contributed by atoms with Gasteiger partial charge in [-0.3, -0.25) is 0 Å². The fourth-order valence-corrected chi connectivity index (χ4v) is 2.06. The average Bonchev–Trinajstić information content (AvgIpc) is 2.40. The molecule has 1 rings (SSSR count). The molecule has 0 saturated carbocycles. The normalized spacial score (nSPS) is 13.3. The van der Waals surface area contributed by atoms with Crippen LogP contribution in [0.5, 0.6) is 5.75 Å². The van der Waals surface area contributed by atoms with Gasteiger partial charge in [0.25, 0.3) is 0 Å². The molecule has 20 heavy (non-hydrogen) atoms. The lowest BCUT2D eigenvalue weighted by molar-refractivity contribution is 0.00535. The number of rotatable bonds is 8. The summed E-state index contributed by atoms with van der Waals surface area (Å²) < 4.78 is 11.4. The highest BCUT2D eigenvalue weighted by Crippen LogP contribution is 2.27. The molecule has 0 aliphatic heterocycles. The quantitative estimate of drug-likeness (QED) is 0.784. The van der Waals surface area contributed by atoms with Gasteiger partial charge in [0.1, 0.15) is 5.75 Å². The first-order valence-corrected chi connectivity index (χ1v) is 7.41. The molecule has 1 atom stereocenters. The van der Waals surface area contributed by atoms with E-state index in [4.69, 9.17) is 9.47 Å². The van der Waals surface area contributed by atoms with Gasteiger partial charge >= 0.3 is 0 Å². The molecule has 1 unspecified atom stereocenters. The van der Waals surface area contributed by atoms with E-state index in [9.17, 15) is 0 Å². The van der Waals surface area contributed by atoms with Gasteiger partial charge in [0.15, 0.2) is 0 Å². The highest BCUT2D eigenvalue weighted by atomic mass is 16.5. The van der Waals surface area contributed by atoms with Crippen LogP contribution in [0, 0.1) is 6.92 Å². The van der Waals surface area contributed by atoms with E-state index in [-0.39, 0.29) is 5.60 Å². The maximum absolute atomic E-state index is 5.98. The Balaban J connectivity index is 2.74. The smallest absolute Gasteiger partial charge is 0.124 e. The van der Waals surface area contributed by atoms with Gasteiger partial charge in [-0.2, -0.15) is 0 Å². The van der Waals surface area contributed by atoms with Crippen LogP contribution in [0.4, 0.5) is 0 Å². The molecule has 1 aromatic carbocycles. The van der Waals surface area contributed by atoms with Gasteiger partial charge in [0, 0.05) is 25.1 Å². The second-order valence-corrected chi connectivity index (χ2v) is 5.88. The topological polar surface area (TPSA) is 30.5 Å². The predicted octanol–water partition coefficient (Wildman–Crippen LogP) is 3.86. The van der Waals surface area contributed by atoms with Crippen LogP contribution in [0.25, 0.3) is 0 Å². The number of benzene rings is 1. The van der Waals surface area contributed by atoms with Gasteiger partial charge < -0.3 is 14.8 Å². The third-order valence-corrected chi connectivity index (χ3v) is 3.66. The highest BCUT2D eigenvalue weighted by molar-refractivity contribution is 5.39. The van der Waals surface area contributed by atoms with Gasteiger partial charge in [-0.1, -0.05) is 24.6 Å². The molecule has 0 aromatic heterocycles. The largest absolute Gasteiger partial charge is 0.493 e. The molecule has 0 spiro atoms. The van der Waals surface area contributed by atoms with E-state index in [0.717, 1.165) is 18.7 Å². The number of methoxy groups -OCH3 is 1. The average molecular weight is 279 g/mol. The van der Waals surface area contributed by atoms with Crippen LogP contribution in [-0.2, 0) is 4.74 Å². The van der Waals surface area contributed by atoms with Crippen molar-refractivity contribution in [2.24, 2.45) is 0 Å². The lowest BCUT2D eigenvalue weighted by atomic mass is 10.0. The summed E-state index contributed by atoms with van der Waals surface area (Å²) in [6.45, 7) is 12.2. The Morgan fingerprint density at radius 1 is 1.30 bits per heavy atom. The molecule has 0 amide bonds. The number of hydrogen-bond acceptors (Lipinski definition) is 3. The second-order valence-electron chi connectivity index (χ2n) is 5.88. The van der Waals surface area contributed by atoms with Gasteiger partial charge in [-0.05, 0) is 40.3 Å². The molecule has 0 saturated heterocycles. The summed E-state index contributed by atoms with van der Waals surface area (Å²) in [7, 11) is 1.74. The van der Waals surface area contributed by atoms with Crippen molar-refractivity contribution in [3.05, 3.63) is 29.3 Å². The number of ether oxygens (including phenoxy) is 2. The summed E-state index contributed by atoms with van der Waals surface area (Å²) in [6, 6.07) is 6.66. The second kappa shape index (κ2) is 7.65. The molecule has 3 heteroatoms. The molecule has 1 N–H and O–H groups in total. The van der Waals surface area contributed by atoms with E-state index in [1.807, 2.05) is 0 Å². The van der Waals surface area contributed by atoms with Crippen LogP contribution >= 0.6 is 0 Å². The van der Waals surface area contributed by atoms with Crippen molar-refractivity contribution in [3.8, 4) is 5.75 Å². The molecular weight excluding hydrogens is 250 g/mol. The predicted molar refractivity (Wildman–Crippen MR) is 84.5 cm³/mol. The Labute approximate surface area is 123 Å². The third kappa shape index (κ3) is 5.14. The molecule has 114 valence electrons. The summed E-state index contributed by atoms with van der Waals surface area (Å²) in [6.07, 6.45) is 0.867. The summed E-state index contributed by atoms with van der Waals surface area (Å²) >= 11 is 0. The molecule has 0 aliphatic carbocycles. The highest BCUT2D eigenvalue weighted by Gasteiger charge is 2.17. The van der Waals surface area contributed by atoms with Crippen LogP contribution in [0.2, 0.25) is 0 Å². The first-order chi connectivity index (χ1) is 9.39. The Kier molecular flexibility index (Phi) is 6.50. The minimum atomic E-state index is -0.141. The first kappa shape index (κ1) is 17.0. The summed E-state index contributed by atoms with van der Waals surface area (Å²) in [4.78, 5) is 0. The Hall–Kier alpha value is -1.06. The maximum Gasteiger partial charge on any atom is 0.124 e. The third-order valence-electron chi connectivity index (χ3n) is 3.66. The van der Waals surface area contributed by atoms with Crippen molar-refractivity contribution >= 4 is 0 Å². The molecule has 0 fully saturated rings. The number of aryl methyl sites for hydroxylation is 1. The van der Waals surface area contributed by atoms with E-state index in [0.29, 0.717) is 12.6 Å². The number of nitrogens with one attached hydrogen (secondary N) is 1. The van der Waals surface area contributed by atoms with E-state index in [2.05, 4.69) is 58.1 Å². The molecule has 0 aliphatic rings. The molecule has 0 radical (unpaired) electrons. The van der Waals surface area contributed by atoms with Gasteiger partial charge in [0.2, 0.25) is 0 Å². The van der Waals surface area contributed by atoms with Crippen LogP contribution in [-0.4, -0.2) is 25.9 Å². The summed E-state index contributed by atoms with van der Waals surface area (Å²) in [5, 5.41) is 3.44. The Bertz CT molecular complexity index is 415. The standard InChI is InChI=1S/C17H29NO2/c1-7-18-14(3)15-12-13(2)8-9-16(15)20-11-10-17(4,5)19-6/h8-9,12,14,18H,7,10-11H2,1-6H3. The minimum absolute atomic E-state index is 0.141. The molecule has 0 heterocycles. The lowest BCUT2D eigenvalue weighted by Gasteiger charge is -2.24. The van der Waals surface area contributed by atoms with E-state index < -0.39 is 0 Å². The Morgan fingerprint density at radius 3 is 2.60 bits per heavy atom. The molecule has 3 nitrogen and oxygen atoms in total. The van der Waals surface area contributed by atoms with Gasteiger partial charge in [-0.25, -0.2) is 0 Å². The van der Waals surface area contributed by atoms with E-state index >= 15 is 0 Å². The monoisotopic (exact) mass is 279 g/mol. The molecule has 1 aromatic rings. The lowest BCUT2D eigenvalue weighted by Crippen LogP contribution is -2.25. The van der Waals surface area contributed by atoms with E-state index in [1.165, 1.54) is 11.1 Å². The zero-order valence-corrected chi connectivity index (χ0v) is 13.7. The Morgan fingerprint density at radius 2 is 2.00 bits per heavy atom. The van der Waals surface area contributed by atoms with Crippen molar-refractivity contribution in [2.75, 3.05) is 20.3 Å². The van der Waals surface area contributed by atoms with Crippen LogP contribution in [0.3, 0.4) is 0 Å². The van der Waals surface area contributed by atoms with Crippen molar-refractivity contribution < 1.29 is 9.47 Å². The van der Waals surface area contributed by atoms with Crippen LogP contribution < -0.4 is 10.1 Å². The summed E-state index contributed by atoms with van der Waals surface area (Å²) in [5.41, 5.74) is 2.34. The fraction of sp³-hybridized carbons (Fsp3) is 0.647. The minimum Gasteiger partial charge on any atom is -0.493 e. The molecular formula is C17H29NO2. The number of hydrogen-bond donors (Lipinski definition) is 1. The SMILES string of the molecule is CCNC(C)c1cc(C)ccc1OCCC(C)(C)OC. The zero-order chi connectivity index (χ0) is 15.2. The zero-order valence-electron chi connectivity index (χ0n) is 13.7. The van der Waals surface area contributed by atoms with Crippen molar-refractivity contribution in [2.45, 2.75) is 52.7 Å². The summed E-state index contributed by atoms with van der Waals surface area (Å²) in [5.74, 6) is 0.968. The van der Waals surface area contributed by atoms with Crippen molar-refractivity contribution in [1.82, 2.24) is 5.32 Å². The van der Waals surface area contributed by atoms with Crippen molar-refractivity contribution in [1.29, 1.82) is 0 Å². The molecule has 0 bridgehead atoms. The van der Waals surface area contributed by atoms with Crippen LogP contribution in [0.1, 0.15) is 51.3 Å². The fourth-order valence-electron chi connectivity index (χ4n) is 2.06. The maximum atomic E-state index is 5.98. The van der Waals surface area contributed by atoms with Crippen molar-refractivity contribution in [3.63, 3.8) is 0 Å².